The minimum atomic E-state index is -3.22. The third-order valence-electron chi connectivity index (χ3n) is 3.29. The fraction of sp³-hybridized carbons (Fsp3) is 0.533. The molecule has 0 fully saturated rings. The summed E-state index contributed by atoms with van der Waals surface area (Å²) >= 11 is 0. The predicted octanol–water partition coefficient (Wildman–Crippen LogP) is 1.60. The molecule has 0 aromatic heterocycles. The van der Waals surface area contributed by atoms with Crippen molar-refractivity contribution in [3.05, 3.63) is 34.9 Å². The summed E-state index contributed by atoms with van der Waals surface area (Å²) in [4.78, 5) is 11.9. The molecule has 6 nitrogen and oxygen atoms in total. The highest BCUT2D eigenvalue weighted by Crippen LogP contribution is 2.21. The van der Waals surface area contributed by atoms with Gasteiger partial charge < -0.3 is 10.6 Å². The van der Waals surface area contributed by atoms with E-state index in [2.05, 4.69) is 21.4 Å². The number of urea groups is 1. The summed E-state index contributed by atoms with van der Waals surface area (Å²) in [5.41, 5.74) is 3.43. The minimum Gasteiger partial charge on any atom is -0.337 e. The summed E-state index contributed by atoms with van der Waals surface area (Å²) in [5, 5.41) is 5.56. The van der Waals surface area contributed by atoms with E-state index in [-0.39, 0.29) is 25.2 Å². The maximum atomic E-state index is 11.9. The number of amides is 2. The molecule has 0 radical (unpaired) electrons. The number of benzene rings is 1. The normalized spacial score (nSPS) is 12.7. The van der Waals surface area contributed by atoms with Crippen LogP contribution in [0, 0.1) is 13.8 Å². The zero-order valence-electron chi connectivity index (χ0n) is 13.6. The average Bonchev–Trinajstić information content (AvgIpc) is 2.40. The van der Waals surface area contributed by atoms with Crippen LogP contribution in [0.25, 0.3) is 0 Å². The van der Waals surface area contributed by atoms with Crippen LogP contribution in [0.15, 0.2) is 18.2 Å². The number of hydrogen-bond donors (Lipinski definition) is 3. The Morgan fingerprint density at radius 3 is 2.45 bits per heavy atom. The molecule has 22 heavy (non-hydrogen) atoms. The quantitative estimate of drug-likeness (QED) is 0.665. The molecule has 0 bridgehead atoms. The van der Waals surface area contributed by atoms with Crippen molar-refractivity contribution in [3.63, 3.8) is 0 Å². The Labute approximate surface area is 132 Å². The van der Waals surface area contributed by atoms with E-state index in [0.717, 1.165) is 23.8 Å². The van der Waals surface area contributed by atoms with Crippen LogP contribution in [-0.2, 0) is 10.0 Å². The van der Waals surface area contributed by atoms with Crippen LogP contribution in [0.2, 0.25) is 0 Å². The molecule has 1 rings (SSSR count). The van der Waals surface area contributed by atoms with Gasteiger partial charge in [0.15, 0.2) is 0 Å². The fourth-order valence-electron chi connectivity index (χ4n) is 2.24. The second-order valence-corrected chi connectivity index (χ2v) is 7.22. The van der Waals surface area contributed by atoms with E-state index >= 15 is 0 Å². The molecule has 7 heteroatoms. The summed E-state index contributed by atoms with van der Waals surface area (Å²) in [5.74, 6) is 0. The summed E-state index contributed by atoms with van der Waals surface area (Å²) in [6, 6.07) is 5.78. The van der Waals surface area contributed by atoms with Gasteiger partial charge in [0, 0.05) is 13.1 Å². The van der Waals surface area contributed by atoms with Gasteiger partial charge >= 0.3 is 6.03 Å². The van der Waals surface area contributed by atoms with Gasteiger partial charge in [0.05, 0.1) is 12.3 Å². The molecule has 0 heterocycles. The Kier molecular flexibility index (Phi) is 6.83. The van der Waals surface area contributed by atoms with E-state index in [1.165, 1.54) is 5.56 Å². The number of aryl methyl sites for hydroxylation is 2. The lowest BCUT2D eigenvalue weighted by molar-refractivity contribution is 0.237. The highest BCUT2D eigenvalue weighted by molar-refractivity contribution is 7.88. The van der Waals surface area contributed by atoms with Crippen molar-refractivity contribution in [1.29, 1.82) is 0 Å². The van der Waals surface area contributed by atoms with Gasteiger partial charge in [0.1, 0.15) is 0 Å². The Hall–Kier alpha value is -1.60. The Morgan fingerprint density at radius 2 is 1.91 bits per heavy atom. The van der Waals surface area contributed by atoms with Crippen LogP contribution in [0.1, 0.15) is 36.1 Å². The van der Waals surface area contributed by atoms with Crippen LogP contribution in [0.5, 0.6) is 0 Å². The third-order valence-corrected chi connectivity index (χ3v) is 4.02. The van der Waals surface area contributed by atoms with Gasteiger partial charge in [-0.25, -0.2) is 17.9 Å². The molecule has 3 N–H and O–H groups in total. The van der Waals surface area contributed by atoms with Crippen molar-refractivity contribution in [2.75, 3.05) is 19.3 Å². The molecule has 0 spiro atoms. The third kappa shape index (κ3) is 6.44. The molecule has 124 valence electrons. The predicted molar refractivity (Wildman–Crippen MR) is 88.3 cm³/mol. The van der Waals surface area contributed by atoms with Crippen LogP contribution in [-0.4, -0.2) is 33.8 Å². The van der Waals surface area contributed by atoms with Gasteiger partial charge in [-0.15, -0.1) is 0 Å². The zero-order chi connectivity index (χ0) is 16.8. The maximum absolute atomic E-state index is 11.9. The van der Waals surface area contributed by atoms with Gasteiger partial charge in [-0.1, -0.05) is 30.7 Å². The molecule has 2 amide bonds. The first-order chi connectivity index (χ1) is 10.2. The summed E-state index contributed by atoms with van der Waals surface area (Å²) < 4.78 is 24.1. The lowest BCUT2D eigenvalue weighted by Gasteiger charge is -2.20. The molecule has 1 aromatic carbocycles. The van der Waals surface area contributed by atoms with Crippen molar-refractivity contribution in [2.24, 2.45) is 0 Å². The van der Waals surface area contributed by atoms with Crippen molar-refractivity contribution < 1.29 is 13.2 Å². The number of sulfonamides is 1. The van der Waals surface area contributed by atoms with E-state index in [9.17, 15) is 13.2 Å². The van der Waals surface area contributed by atoms with Crippen molar-refractivity contribution >= 4 is 16.1 Å². The fourth-order valence-corrected chi connectivity index (χ4v) is 2.71. The lowest BCUT2D eigenvalue weighted by Crippen LogP contribution is -2.41. The molecule has 0 unspecified atom stereocenters. The van der Waals surface area contributed by atoms with E-state index in [1.807, 2.05) is 32.9 Å². The maximum Gasteiger partial charge on any atom is 0.315 e. The van der Waals surface area contributed by atoms with Gasteiger partial charge in [-0.05, 0) is 31.4 Å². The van der Waals surface area contributed by atoms with Crippen LogP contribution < -0.4 is 15.4 Å². The lowest BCUT2D eigenvalue weighted by atomic mass is 9.98. The molecule has 0 aliphatic rings. The first kappa shape index (κ1) is 18.4. The van der Waals surface area contributed by atoms with Crippen LogP contribution >= 0.6 is 0 Å². The largest absolute Gasteiger partial charge is 0.337 e. The molecule has 1 aromatic rings. The molecule has 0 aliphatic carbocycles. The molecular weight excluding hydrogens is 302 g/mol. The van der Waals surface area contributed by atoms with Gasteiger partial charge in [-0.3, -0.25) is 0 Å². The molecule has 1 atom stereocenters. The van der Waals surface area contributed by atoms with E-state index in [0.29, 0.717) is 0 Å². The van der Waals surface area contributed by atoms with Crippen molar-refractivity contribution in [1.82, 2.24) is 15.4 Å². The molecule has 0 aliphatic heterocycles. The highest BCUT2D eigenvalue weighted by atomic mass is 32.2. The van der Waals surface area contributed by atoms with Crippen molar-refractivity contribution in [3.8, 4) is 0 Å². The number of hydrogen-bond acceptors (Lipinski definition) is 3. The number of nitrogens with one attached hydrogen (secondary N) is 3. The molecular formula is C15H25N3O3S. The Bertz CT molecular complexity index is 614. The van der Waals surface area contributed by atoms with Crippen LogP contribution in [0.4, 0.5) is 4.79 Å². The molecule has 0 saturated heterocycles. The summed E-state index contributed by atoms with van der Waals surface area (Å²) in [6.07, 6.45) is 1.86. The average molecular weight is 327 g/mol. The minimum absolute atomic E-state index is 0.0662. The van der Waals surface area contributed by atoms with E-state index in [4.69, 9.17) is 0 Å². The van der Waals surface area contributed by atoms with E-state index < -0.39 is 10.0 Å². The highest BCUT2D eigenvalue weighted by Gasteiger charge is 2.14. The van der Waals surface area contributed by atoms with Gasteiger partial charge in [0.25, 0.3) is 0 Å². The first-order valence-electron chi connectivity index (χ1n) is 7.29. The number of carbonyl (C=O) groups excluding carboxylic acids is 1. The molecule has 0 saturated carbocycles. The Morgan fingerprint density at radius 1 is 1.23 bits per heavy atom. The SMILES string of the molecule is CC[C@@H](NC(=O)NCCNS(C)(=O)=O)c1ccc(C)cc1C. The van der Waals surface area contributed by atoms with Gasteiger partial charge in [0.2, 0.25) is 10.0 Å². The van der Waals surface area contributed by atoms with E-state index in [1.54, 1.807) is 0 Å². The number of carbonyl (C=O) groups is 1. The second-order valence-electron chi connectivity index (χ2n) is 5.39. The monoisotopic (exact) mass is 327 g/mol. The van der Waals surface area contributed by atoms with Crippen LogP contribution in [0.3, 0.4) is 0 Å². The van der Waals surface area contributed by atoms with Gasteiger partial charge in [-0.2, -0.15) is 0 Å². The second kappa shape index (κ2) is 8.14. The summed E-state index contributed by atoms with van der Waals surface area (Å²) in [6.45, 7) is 6.48. The summed E-state index contributed by atoms with van der Waals surface area (Å²) in [7, 11) is -3.22. The van der Waals surface area contributed by atoms with Crippen molar-refractivity contribution in [2.45, 2.75) is 33.2 Å². The first-order valence-corrected chi connectivity index (χ1v) is 9.18. The zero-order valence-corrected chi connectivity index (χ0v) is 14.4. The number of rotatable bonds is 7. The Balaban J connectivity index is 2.53. The standard InChI is InChI=1S/C15H25N3O3S/c1-5-14(13-7-6-11(2)10-12(13)3)18-15(19)16-8-9-17-22(4,20)21/h6-7,10,14,17H,5,8-9H2,1-4H3,(H2,16,18,19)/t14-/m1/s1. The topological polar surface area (TPSA) is 87.3 Å². The smallest absolute Gasteiger partial charge is 0.315 e.